The molecule has 1 aliphatic rings. The summed E-state index contributed by atoms with van der Waals surface area (Å²) >= 11 is 0. The van der Waals surface area contributed by atoms with Crippen molar-refractivity contribution in [1.29, 1.82) is 0 Å². The van der Waals surface area contributed by atoms with Crippen molar-refractivity contribution in [2.45, 2.75) is 33.2 Å². The van der Waals surface area contributed by atoms with Gasteiger partial charge in [0.15, 0.2) is 0 Å². The van der Waals surface area contributed by atoms with E-state index in [9.17, 15) is 9.59 Å². The Bertz CT molecular complexity index is 749. The van der Waals surface area contributed by atoms with Crippen LogP contribution in [0.5, 0.6) is 0 Å². The molecule has 0 atom stereocenters. The number of aryl methyl sites for hydroxylation is 2. The SMILES string of the molecule is CCCNC(=O)CN1C(=O)CCn2nc(-c3ccc(C)cc3)cc21. The van der Waals surface area contributed by atoms with Gasteiger partial charge >= 0.3 is 0 Å². The molecule has 2 amide bonds. The Kier molecular flexibility index (Phi) is 4.64. The largest absolute Gasteiger partial charge is 0.355 e. The van der Waals surface area contributed by atoms with Crippen LogP contribution in [0.25, 0.3) is 11.3 Å². The van der Waals surface area contributed by atoms with Crippen molar-refractivity contribution in [3.63, 3.8) is 0 Å². The molecule has 3 rings (SSSR count). The number of nitrogens with one attached hydrogen (secondary N) is 1. The molecule has 24 heavy (non-hydrogen) atoms. The summed E-state index contributed by atoms with van der Waals surface area (Å²) in [6, 6.07) is 9.99. The monoisotopic (exact) mass is 326 g/mol. The molecule has 1 aromatic heterocycles. The van der Waals surface area contributed by atoms with Gasteiger partial charge in [-0.1, -0.05) is 36.8 Å². The smallest absolute Gasteiger partial charge is 0.240 e. The minimum atomic E-state index is -0.142. The Morgan fingerprint density at radius 3 is 2.75 bits per heavy atom. The van der Waals surface area contributed by atoms with E-state index in [1.807, 2.05) is 48.9 Å². The number of amides is 2. The van der Waals surface area contributed by atoms with Crippen molar-refractivity contribution in [2.75, 3.05) is 18.0 Å². The van der Waals surface area contributed by atoms with Crippen molar-refractivity contribution in [2.24, 2.45) is 0 Å². The maximum atomic E-state index is 12.3. The van der Waals surface area contributed by atoms with Gasteiger partial charge < -0.3 is 5.32 Å². The Hall–Kier alpha value is -2.63. The van der Waals surface area contributed by atoms with Crippen molar-refractivity contribution in [1.82, 2.24) is 15.1 Å². The van der Waals surface area contributed by atoms with Gasteiger partial charge in [0.2, 0.25) is 11.8 Å². The number of carbonyl (C=O) groups excluding carboxylic acids is 2. The van der Waals surface area contributed by atoms with Gasteiger partial charge in [0, 0.05) is 24.6 Å². The predicted molar refractivity (Wildman–Crippen MR) is 92.7 cm³/mol. The van der Waals surface area contributed by atoms with Gasteiger partial charge in [-0.05, 0) is 13.3 Å². The summed E-state index contributed by atoms with van der Waals surface area (Å²) in [5.41, 5.74) is 3.01. The van der Waals surface area contributed by atoms with Crippen molar-refractivity contribution >= 4 is 17.6 Å². The number of anilines is 1. The molecule has 0 spiro atoms. The lowest BCUT2D eigenvalue weighted by atomic mass is 10.1. The number of nitrogens with zero attached hydrogens (tertiary/aromatic N) is 3. The van der Waals surface area contributed by atoms with Crippen LogP contribution < -0.4 is 10.2 Å². The second-order valence-corrected chi connectivity index (χ2v) is 6.06. The maximum Gasteiger partial charge on any atom is 0.240 e. The van der Waals surface area contributed by atoms with E-state index in [1.165, 1.54) is 10.5 Å². The quantitative estimate of drug-likeness (QED) is 0.915. The molecule has 0 radical (unpaired) electrons. The third kappa shape index (κ3) is 3.32. The second-order valence-electron chi connectivity index (χ2n) is 6.06. The molecule has 126 valence electrons. The molecule has 0 aliphatic carbocycles. The number of hydrogen-bond donors (Lipinski definition) is 1. The standard InChI is InChI=1S/C18H22N4O2/c1-3-9-19-16(23)12-21-17-11-15(14-6-4-13(2)5-7-14)20-22(17)10-8-18(21)24/h4-7,11H,3,8-10,12H2,1-2H3,(H,19,23). The Labute approximate surface area is 141 Å². The van der Waals surface area contributed by atoms with E-state index < -0.39 is 0 Å². The summed E-state index contributed by atoms with van der Waals surface area (Å²) in [7, 11) is 0. The van der Waals surface area contributed by atoms with Crippen LogP contribution in [0.15, 0.2) is 30.3 Å². The Morgan fingerprint density at radius 1 is 1.29 bits per heavy atom. The van der Waals surface area contributed by atoms with Crippen LogP contribution in [0.3, 0.4) is 0 Å². The third-order valence-corrected chi connectivity index (χ3v) is 4.10. The summed E-state index contributed by atoms with van der Waals surface area (Å²) in [5, 5.41) is 7.41. The molecule has 0 unspecified atom stereocenters. The van der Waals surface area contributed by atoms with E-state index in [2.05, 4.69) is 10.4 Å². The first-order valence-electron chi connectivity index (χ1n) is 8.30. The van der Waals surface area contributed by atoms with Crippen LogP contribution in [0.2, 0.25) is 0 Å². The number of hydrogen-bond acceptors (Lipinski definition) is 3. The number of fused-ring (bicyclic) bond motifs is 1. The molecule has 0 saturated carbocycles. The van der Waals surface area contributed by atoms with Gasteiger partial charge in [-0.25, -0.2) is 4.68 Å². The van der Waals surface area contributed by atoms with Crippen LogP contribution >= 0.6 is 0 Å². The first kappa shape index (κ1) is 16.2. The van der Waals surface area contributed by atoms with E-state index in [-0.39, 0.29) is 18.4 Å². The van der Waals surface area contributed by atoms with E-state index in [4.69, 9.17) is 0 Å². The molecule has 1 N–H and O–H groups in total. The van der Waals surface area contributed by atoms with Gasteiger partial charge in [0.05, 0.1) is 12.2 Å². The van der Waals surface area contributed by atoms with Crippen LogP contribution in [0.4, 0.5) is 5.82 Å². The molecular formula is C18H22N4O2. The number of benzene rings is 1. The minimum absolute atomic E-state index is 0.0375. The average Bonchev–Trinajstić information content (AvgIpc) is 3.00. The summed E-state index contributed by atoms with van der Waals surface area (Å²) in [5.74, 6) is 0.509. The highest BCUT2D eigenvalue weighted by Crippen LogP contribution is 2.28. The van der Waals surface area contributed by atoms with Gasteiger partial charge in [-0.3, -0.25) is 14.5 Å². The fourth-order valence-corrected chi connectivity index (χ4v) is 2.75. The maximum absolute atomic E-state index is 12.3. The summed E-state index contributed by atoms with van der Waals surface area (Å²) in [4.78, 5) is 25.8. The molecule has 0 saturated heterocycles. The van der Waals surface area contributed by atoms with Crippen LogP contribution in [0, 0.1) is 6.92 Å². The molecule has 6 heteroatoms. The van der Waals surface area contributed by atoms with E-state index in [1.54, 1.807) is 0 Å². The van der Waals surface area contributed by atoms with Gasteiger partial charge in [-0.2, -0.15) is 5.10 Å². The molecule has 1 aliphatic heterocycles. The first-order chi connectivity index (χ1) is 11.6. The summed E-state index contributed by atoms with van der Waals surface area (Å²) in [6.07, 6.45) is 1.23. The minimum Gasteiger partial charge on any atom is -0.355 e. The third-order valence-electron chi connectivity index (χ3n) is 4.10. The topological polar surface area (TPSA) is 67.2 Å². The Balaban J connectivity index is 1.85. The van der Waals surface area contributed by atoms with Crippen LogP contribution in [-0.2, 0) is 16.1 Å². The molecule has 2 heterocycles. The molecule has 1 aromatic carbocycles. The summed E-state index contributed by atoms with van der Waals surface area (Å²) in [6.45, 7) is 5.24. The van der Waals surface area contributed by atoms with Crippen LogP contribution in [-0.4, -0.2) is 34.7 Å². The predicted octanol–water partition coefficient (Wildman–Crippen LogP) is 2.12. The second kappa shape index (κ2) is 6.86. The molecule has 2 aromatic rings. The average molecular weight is 326 g/mol. The van der Waals surface area contributed by atoms with E-state index in [0.29, 0.717) is 25.3 Å². The molecule has 0 fully saturated rings. The fraction of sp³-hybridized carbons (Fsp3) is 0.389. The van der Waals surface area contributed by atoms with Gasteiger partial charge in [-0.15, -0.1) is 0 Å². The fourth-order valence-electron chi connectivity index (χ4n) is 2.75. The zero-order chi connectivity index (χ0) is 17.1. The lowest BCUT2D eigenvalue weighted by Crippen LogP contribution is -2.44. The lowest BCUT2D eigenvalue weighted by molar-refractivity contribution is -0.124. The van der Waals surface area contributed by atoms with E-state index >= 15 is 0 Å². The van der Waals surface area contributed by atoms with Crippen molar-refractivity contribution < 1.29 is 9.59 Å². The van der Waals surface area contributed by atoms with Gasteiger partial charge in [0.1, 0.15) is 12.4 Å². The lowest BCUT2D eigenvalue weighted by Gasteiger charge is -2.26. The van der Waals surface area contributed by atoms with Crippen LogP contribution in [0.1, 0.15) is 25.3 Å². The van der Waals surface area contributed by atoms with Gasteiger partial charge in [0.25, 0.3) is 0 Å². The highest BCUT2D eigenvalue weighted by molar-refractivity contribution is 5.99. The zero-order valence-corrected chi connectivity index (χ0v) is 14.1. The molecular weight excluding hydrogens is 304 g/mol. The molecule has 0 bridgehead atoms. The highest BCUT2D eigenvalue weighted by atomic mass is 16.2. The number of carbonyl (C=O) groups is 2. The summed E-state index contributed by atoms with van der Waals surface area (Å²) < 4.78 is 1.81. The number of rotatable bonds is 5. The first-order valence-corrected chi connectivity index (χ1v) is 8.30. The number of aromatic nitrogens is 2. The van der Waals surface area contributed by atoms with E-state index in [0.717, 1.165) is 17.7 Å². The Morgan fingerprint density at radius 2 is 2.04 bits per heavy atom. The molecule has 6 nitrogen and oxygen atoms in total. The van der Waals surface area contributed by atoms with Crippen molar-refractivity contribution in [3.05, 3.63) is 35.9 Å². The highest BCUT2D eigenvalue weighted by Gasteiger charge is 2.28. The van der Waals surface area contributed by atoms with Crippen molar-refractivity contribution in [3.8, 4) is 11.3 Å². The zero-order valence-electron chi connectivity index (χ0n) is 14.1. The normalized spacial score (nSPS) is 13.8.